The molecule has 41 heavy (non-hydrogen) atoms. The van der Waals surface area contributed by atoms with E-state index in [1.807, 2.05) is 6.92 Å². The molecule has 0 aromatic heterocycles. The molecule has 2 aromatic carbocycles. The van der Waals surface area contributed by atoms with Gasteiger partial charge in [-0.25, -0.2) is 19.2 Å². The summed E-state index contributed by atoms with van der Waals surface area (Å²) in [7, 11) is 1.54. The summed E-state index contributed by atoms with van der Waals surface area (Å²) < 4.78 is 38.3. The molecular weight excluding hydrogens is 536 g/mol. The van der Waals surface area contributed by atoms with Gasteiger partial charge in [0.2, 0.25) is 0 Å². The Morgan fingerprint density at radius 3 is 1.85 bits per heavy atom. The minimum Gasteiger partial charge on any atom is -0.497 e. The second-order valence-corrected chi connectivity index (χ2v) is 9.43. The van der Waals surface area contributed by atoms with E-state index < -0.39 is 54.4 Å². The molecule has 0 saturated carbocycles. The lowest BCUT2D eigenvalue weighted by atomic mass is 10.1. The van der Waals surface area contributed by atoms with Crippen LogP contribution in [0.1, 0.15) is 46.9 Å². The second kappa shape index (κ2) is 13.9. The van der Waals surface area contributed by atoms with Gasteiger partial charge in [0.1, 0.15) is 23.7 Å². The van der Waals surface area contributed by atoms with E-state index in [1.54, 1.807) is 24.3 Å². The standard InChI is InChI=1S/C30H32O11/c1-4-6-7-22(39-25(31)5-2)30(34)38-21-14-10-19(11-15-21)29(33)41-24-17-37-26-23(16-36-27(24)26)40-28(32)18-8-12-20(35-3)13-9-18/h5,8-15,22-24,26-27H,2,4,6-7,16-17H2,1,3H3/t22?,23-,24-,26-,27-/m1/s1. The average Bonchev–Trinajstić information content (AvgIpc) is 3.58. The van der Waals surface area contributed by atoms with Gasteiger partial charge in [-0.3, -0.25) is 0 Å². The van der Waals surface area contributed by atoms with E-state index in [-0.39, 0.29) is 24.5 Å². The fraction of sp³-hybridized carbons (Fsp3) is 0.400. The number of esters is 4. The highest BCUT2D eigenvalue weighted by atomic mass is 16.7. The van der Waals surface area contributed by atoms with Crippen LogP contribution in [-0.4, -0.2) is 74.7 Å². The van der Waals surface area contributed by atoms with Crippen molar-refractivity contribution >= 4 is 23.9 Å². The van der Waals surface area contributed by atoms with Gasteiger partial charge in [0.25, 0.3) is 0 Å². The third-order valence-corrected chi connectivity index (χ3v) is 6.62. The minimum absolute atomic E-state index is 0.0793. The summed E-state index contributed by atoms with van der Waals surface area (Å²) in [6.07, 6.45) is -0.819. The van der Waals surface area contributed by atoms with E-state index in [0.717, 1.165) is 12.5 Å². The van der Waals surface area contributed by atoms with Gasteiger partial charge < -0.3 is 33.2 Å². The van der Waals surface area contributed by atoms with Gasteiger partial charge in [-0.15, -0.1) is 0 Å². The molecule has 2 heterocycles. The Hall–Kier alpha value is -4.22. The van der Waals surface area contributed by atoms with Gasteiger partial charge in [0.15, 0.2) is 18.3 Å². The fourth-order valence-corrected chi connectivity index (χ4v) is 4.41. The lowest BCUT2D eigenvalue weighted by Crippen LogP contribution is -2.36. The highest BCUT2D eigenvalue weighted by Crippen LogP contribution is 2.31. The molecule has 0 aliphatic carbocycles. The van der Waals surface area contributed by atoms with Crippen molar-refractivity contribution in [2.75, 3.05) is 20.3 Å². The average molecular weight is 569 g/mol. The first kappa shape index (κ1) is 29.8. The summed E-state index contributed by atoms with van der Waals surface area (Å²) in [4.78, 5) is 49.5. The number of fused-ring (bicyclic) bond motifs is 1. The van der Waals surface area contributed by atoms with E-state index in [9.17, 15) is 19.2 Å². The fourth-order valence-electron chi connectivity index (χ4n) is 4.41. The van der Waals surface area contributed by atoms with Crippen LogP contribution in [0.4, 0.5) is 0 Å². The van der Waals surface area contributed by atoms with Crippen molar-refractivity contribution in [2.24, 2.45) is 0 Å². The Morgan fingerprint density at radius 2 is 1.39 bits per heavy atom. The third kappa shape index (κ3) is 7.50. The molecule has 2 saturated heterocycles. The van der Waals surface area contributed by atoms with E-state index in [1.165, 1.54) is 31.4 Å². The highest BCUT2D eigenvalue weighted by molar-refractivity contribution is 5.90. The summed E-state index contributed by atoms with van der Waals surface area (Å²) >= 11 is 0. The number of hydrogen-bond acceptors (Lipinski definition) is 11. The molecule has 2 aliphatic heterocycles. The monoisotopic (exact) mass is 568 g/mol. The molecular formula is C30H32O11. The predicted molar refractivity (Wildman–Crippen MR) is 143 cm³/mol. The summed E-state index contributed by atoms with van der Waals surface area (Å²) in [5, 5.41) is 0. The SMILES string of the molecule is C=CC(=O)OC(CCCC)C(=O)Oc1ccc(C(=O)O[C@@H]2CO[C@H]3[C@@H]2OC[C@H]3OC(=O)c2ccc(OC)cc2)cc1. The number of methoxy groups -OCH3 is 1. The first-order valence-corrected chi connectivity index (χ1v) is 13.3. The van der Waals surface area contributed by atoms with Crippen LogP contribution in [0.5, 0.6) is 11.5 Å². The van der Waals surface area contributed by atoms with Crippen LogP contribution >= 0.6 is 0 Å². The minimum atomic E-state index is -1.06. The lowest BCUT2D eigenvalue weighted by molar-refractivity contribution is -0.159. The number of carbonyl (C=O) groups is 4. The number of carbonyl (C=O) groups excluding carboxylic acids is 4. The normalized spacial score (nSPS) is 21.7. The first-order chi connectivity index (χ1) is 19.8. The Bertz CT molecular complexity index is 1240. The van der Waals surface area contributed by atoms with Crippen LogP contribution in [0.2, 0.25) is 0 Å². The zero-order valence-electron chi connectivity index (χ0n) is 22.8. The smallest absolute Gasteiger partial charge is 0.352 e. The van der Waals surface area contributed by atoms with Crippen molar-refractivity contribution in [3.63, 3.8) is 0 Å². The van der Waals surface area contributed by atoms with Crippen LogP contribution in [0.15, 0.2) is 61.2 Å². The summed E-state index contributed by atoms with van der Waals surface area (Å²) in [6.45, 7) is 5.47. The third-order valence-electron chi connectivity index (χ3n) is 6.62. The molecule has 1 unspecified atom stereocenters. The van der Waals surface area contributed by atoms with Crippen molar-refractivity contribution < 1.29 is 52.3 Å². The van der Waals surface area contributed by atoms with Gasteiger partial charge >= 0.3 is 23.9 Å². The molecule has 0 spiro atoms. The first-order valence-electron chi connectivity index (χ1n) is 13.3. The van der Waals surface area contributed by atoms with Crippen LogP contribution in [0, 0.1) is 0 Å². The number of unbranched alkanes of at least 4 members (excludes halogenated alkanes) is 1. The molecule has 0 amide bonds. The Balaban J connectivity index is 1.29. The highest BCUT2D eigenvalue weighted by Gasteiger charge is 2.51. The van der Waals surface area contributed by atoms with E-state index in [2.05, 4.69) is 6.58 Å². The van der Waals surface area contributed by atoms with Gasteiger partial charge in [-0.2, -0.15) is 0 Å². The molecule has 11 heteroatoms. The van der Waals surface area contributed by atoms with Crippen molar-refractivity contribution in [3.8, 4) is 11.5 Å². The quantitative estimate of drug-likeness (QED) is 0.161. The topological polar surface area (TPSA) is 133 Å². The molecule has 0 radical (unpaired) electrons. The maximum Gasteiger partial charge on any atom is 0.352 e. The van der Waals surface area contributed by atoms with Gasteiger partial charge in [-0.05, 0) is 61.4 Å². The Morgan fingerprint density at radius 1 is 0.878 bits per heavy atom. The second-order valence-electron chi connectivity index (χ2n) is 9.43. The van der Waals surface area contributed by atoms with E-state index in [0.29, 0.717) is 24.2 Å². The largest absolute Gasteiger partial charge is 0.497 e. The van der Waals surface area contributed by atoms with Crippen LogP contribution in [0.25, 0.3) is 0 Å². The molecule has 4 rings (SSSR count). The van der Waals surface area contributed by atoms with Crippen LogP contribution in [0.3, 0.4) is 0 Å². The summed E-state index contributed by atoms with van der Waals surface area (Å²) in [5.41, 5.74) is 0.577. The van der Waals surface area contributed by atoms with Crippen molar-refractivity contribution in [1.29, 1.82) is 0 Å². The van der Waals surface area contributed by atoms with Gasteiger partial charge in [-0.1, -0.05) is 19.9 Å². The molecule has 2 fully saturated rings. The zero-order valence-corrected chi connectivity index (χ0v) is 22.8. The van der Waals surface area contributed by atoms with Gasteiger partial charge in [0, 0.05) is 6.08 Å². The van der Waals surface area contributed by atoms with E-state index >= 15 is 0 Å². The van der Waals surface area contributed by atoms with Crippen LogP contribution < -0.4 is 9.47 Å². The lowest BCUT2D eigenvalue weighted by Gasteiger charge is -2.17. The van der Waals surface area contributed by atoms with Crippen LogP contribution in [-0.2, 0) is 33.3 Å². The van der Waals surface area contributed by atoms with Crippen molar-refractivity contribution in [2.45, 2.75) is 56.7 Å². The Labute approximate surface area is 237 Å². The number of ether oxygens (including phenoxy) is 7. The Kier molecular flexibility index (Phi) is 10.1. The molecule has 0 N–H and O–H groups in total. The number of rotatable bonds is 12. The molecule has 5 atom stereocenters. The molecule has 0 bridgehead atoms. The van der Waals surface area contributed by atoms with E-state index in [4.69, 9.17) is 33.2 Å². The predicted octanol–water partition coefficient (Wildman–Crippen LogP) is 3.44. The van der Waals surface area contributed by atoms with Gasteiger partial charge in [0.05, 0.1) is 31.5 Å². The zero-order chi connectivity index (χ0) is 29.4. The summed E-state index contributed by atoms with van der Waals surface area (Å²) in [6, 6.07) is 12.3. The van der Waals surface area contributed by atoms with Crippen molar-refractivity contribution in [1.82, 2.24) is 0 Å². The molecule has 2 aromatic rings. The molecule has 218 valence electrons. The maximum atomic E-state index is 12.8. The molecule has 11 nitrogen and oxygen atoms in total. The molecule has 2 aliphatic rings. The van der Waals surface area contributed by atoms with Crippen molar-refractivity contribution in [3.05, 3.63) is 72.3 Å². The summed E-state index contributed by atoms with van der Waals surface area (Å²) in [5.74, 6) is -1.80. The number of benzene rings is 2. The maximum absolute atomic E-state index is 12.8. The number of hydrogen-bond donors (Lipinski definition) is 0.